The number of nitrogens with one attached hydrogen (secondary N) is 1. The van der Waals surface area contributed by atoms with Gasteiger partial charge in [0.2, 0.25) is 0 Å². The van der Waals surface area contributed by atoms with Crippen LogP contribution in [0.4, 0.5) is 20.2 Å². The highest BCUT2D eigenvalue weighted by Gasteiger charge is 2.42. The maximum atomic E-state index is 14.2. The van der Waals surface area contributed by atoms with Crippen LogP contribution in [0.25, 0.3) is 11.0 Å². The number of imidazole rings is 1. The highest BCUT2D eigenvalue weighted by Crippen LogP contribution is 2.48. The third-order valence-corrected chi connectivity index (χ3v) is 7.53. The van der Waals surface area contributed by atoms with E-state index < -0.39 is 0 Å². The van der Waals surface area contributed by atoms with E-state index in [-0.39, 0.29) is 29.3 Å². The lowest BCUT2D eigenvalue weighted by molar-refractivity contribution is 0.192. The van der Waals surface area contributed by atoms with Crippen molar-refractivity contribution in [2.24, 2.45) is 0 Å². The predicted molar refractivity (Wildman–Crippen MR) is 134 cm³/mol. The van der Waals surface area contributed by atoms with Gasteiger partial charge in [0.25, 0.3) is 0 Å². The first-order valence-electron chi connectivity index (χ1n) is 12.3. The molecule has 1 saturated heterocycles. The zero-order valence-corrected chi connectivity index (χ0v) is 19.5. The molecule has 180 valence electrons. The number of rotatable bonds is 6. The second-order valence-electron chi connectivity index (χ2n) is 9.62. The van der Waals surface area contributed by atoms with Gasteiger partial charge in [-0.05, 0) is 86.0 Å². The monoisotopic (exact) mass is 474 g/mol. The molecular weight excluding hydrogens is 446 g/mol. The van der Waals surface area contributed by atoms with E-state index >= 15 is 0 Å². The number of nitrogens with zero attached hydrogens (tertiary/aromatic N) is 3. The van der Waals surface area contributed by atoms with E-state index in [4.69, 9.17) is 0 Å². The van der Waals surface area contributed by atoms with Crippen molar-refractivity contribution in [2.45, 2.75) is 37.8 Å². The van der Waals surface area contributed by atoms with Crippen molar-refractivity contribution < 1.29 is 8.78 Å². The van der Waals surface area contributed by atoms with Gasteiger partial charge in [-0.15, -0.1) is 0 Å². The van der Waals surface area contributed by atoms with Crippen LogP contribution in [0, 0.1) is 11.6 Å². The molecule has 3 heterocycles. The van der Waals surface area contributed by atoms with Gasteiger partial charge in [-0.2, -0.15) is 0 Å². The van der Waals surface area contributed by atoms with Gasteiger partial charge in [0.1, 0.15) is 11.6 Å². The first-order chi connectivity index (χ1) is 17.1. The third kappa shape index (κ3) is 4.04. The molecule has 6 rings (SSSR count). The topological polar surface area (TPSA) is 44.3 Å². The van der Waals surface area contributed by atoms with Crippen molar-refractivity contribution in [3.63, 3.8) is 0 Å². The summed E-state index contributed by atoms with van der Waals surface area (Å²) in [6, 6.07) is 19.6. The van der Waals surface area contributed by atoms with Crippen molar-refractivity contribution in [2.75, 3.05) is 24.5 Å². The fourth-order valence-electron chi connectivity index (χ4n) is 5.91. The van der Waals surface area contributed by atoms with Gasteiger partial charge < -0.3 is 14.8 Å². The van der Waals surface area contributed by atoms with Crippen LogP contribution in [-0.2, 0) is 6.54 Å². The molecule has 0 amide bonds. The number of aromatic nitrogens is 2. The number of piperidine rings is 1. The fraction of sp³-hybridized carbons (Fsp3) is 0.321. The van der Waals surface area contributed by atoms with Crippen LogP contribution in [0.5, 0.6) is 0 Å². The molecule has 0 radical (unpaired) electrons. The number of fused-ring (bicyclic) bond motifs is 4. The average Bonchev–Trinajstić information content (AvgIpc) is 3.36. The lowest BCUT2D eigenvalue weighted by Crippen LogP contribution is -2.45. The van der Waals surface area contributed by atoms with Crippen LogP contribution in [0.15, 0.2) is 71.5 Å². The minimum atomic E-state index is -0.256. The highest BCUT2D eigenvalue weighted by molar-refractivity contribution is 5.75. The summed E-state index contributed by atoms with van der Waals surface area (Å²) >= 11 is 0. The number of halogens is 2. The molecule has 1 aromatic heterocycles. The maximum absolute atomic E-state index is 14.2. The molecule has 3 aromatic carbocycles. The van der Waals surface area contributed by atoms with Crippen LogP contribution >= 0.6 is 0 Å². The number of aromatic amines is 1. The quantitative estimate of drug-likeness (QED) is 0.381. The van der Waals surface area contributed by atoms with Crippen LogP contribution in [0.3, 0.4) is 0 Å². The van der Waals surface area contributed by atoms with Gasteiger partial charge in [-0.3, -0.25) is 4.57 Å². The van der Waals surface area contributed by atoms with Crippen LogP contribution < -0.4 is 10.6 Å². The minimum Gasteiger partial charge on any atom is -0.337 e. The standard InChI is InChI=1S/C28H28F2N4O/c29-19-7-10-21(11-8-19)34-25-12-9-20(30)17-22(25)23-18-32(16-13-26(23)34)14-3-4-15-33-27-6-2-1-5-24(27)31-28(33)35/h1-2,5-12,17,23,26H,3-4,13-16,18H2,(H,31,35)/t23-,26+/m0/s1. The van der Waals surface area contributed by atoms with Gasteiger partial charge in [-0.25, -0.2) is 13.6 Å². The molecule has 2 atom stereocenters. The number of H-pyrrole nitrogens is 1. The summed E-state index contributed by atoms with van der Waals surface area (Å²) in [5.41, 5.74) is 4.77. The average molecular weight is 475 g/mol. The number of hydrogen-bond donors (Lipinski definition) is 1. The van der Waals surface area contributed by atoms with Crippen LogP contribution in [0.1, 0.15) is 30.7 Å². The third-order valence-electron chi connectivity index (χ3n) is 7.53. The van der Waals surface area contributed by atoms with Gasteiger partial charge in [0.05, 0.1) is 11.0 Å². The number of benzene rings is 3. The number of hydrogen-bond acceptors (Lipinski definition) is 3. The Hall–Kier alpha value is -3.45. The van der Waals surface area contributed by atoms with Gasteiger partial charge in [0, 0.05) is 43.0 Å². The largest absolute Gasteiger partial charge is 0.337 e. The van der Waals surface area contributed by atoms with E-state index in [1.807, 2.05) is 47.0 Å². The second kappa shape index (κ2) is 8.96. The zero-order chi connectivity index (χ0) is 23.9. The Morgan fingerprint density at radius 3 is 2.54 bits per heavy atom. The first kappa shape index (κ1) is 22.0. The smallest absolute Gasteiger partial charge is 0.326 e. The Kier molecular flexibility index (Phi) is 5.65. The van der Waals surface area contributed by atoms with E-state index in [9.17, 15) is 13.6 Å². The Bertz CT molecular complexity index is 1410. The Morgan fingerprint density at radius 1 is 0.914 bits per heavy atom. The maximum Gasteiger partial charge on any atom is 0.326 e. The number of aryl methyl sites for hydroxylation is 1. The summed E-state index contributed by atoms with van der Waals surface area (Å²) in [4.78, 5) is 20.0. The summed E-state index contributed by atoms with van der Waals surface area (Å²) in [7, 11) is 0. The van der Waals surface area contributed by atoms with E-state index in [0.717, 1.165) is 66.9 Å². The molecule has 0 saturated carbocycles. The molecule has 0 unspecified atom stereocenters. The molecule has 1 N–H and O–H groups in total. The van der Waals surface area contributed by atoms with E-state index in [1.54, 1.807) is 6.07 Å². The lowest BCUT2D eigenvalue weighted by atomic mass is 9.89. The first-order valence-corrected chi connectivity index (χ1v) is 12.3. The molecule has 2 aliphatic heterocycles. The minimum absolute atomic E-state index is 0.0579. The van der Waals surface area contributed by atoms with Gasteiger partial charge in [0.15, 0.2) is 0 Å². The molecule has 0 bridgehead atoms. The van der Waals surface area contributed by atoms with Crippen LogP contribution in [0.2, 0.25) is 0 Å². The van der Waals surface area contributed by atoms with Gasteiger partial charge >= 0.3 is 5.69 Å². The summed E-state index contributed by atoms with van der Waals surface area (Å²) < 4.78 is 29.6. The van der Waals surface area contributed by atoms with Crippen molar-refractivity contribution >= 4 is 22.4 Å². The van der Waals surface area contributed by atoms with Crippen molar-refractivity contribution in [3.05, 3.63) is 94.4 Å². The summed E-state index contributed by atoms with van der Waals surface area (Å²) in [5, 5.41) is 0. The normalized spacial score (nSPS) is 19.8. The predicted octanol–water partition coefficient (Wildman–Crippen LogP) is 5.40. The lowest BCUT2D eigenvalue weighted by Gasteiger charge is -2.39. The zero-order valence-electron chi connectivity index (χ0n) is 19.5. The van der Waals surface area contributed by atoms with Gasteiger partial charge in [-0.1, -0.05) is 12.1 Å². The Balaban J connectivity index is 1.14. The fourth-order valence-corrected chi connectivity index (χ4v) is 5.91. The molecular formula is C28H28F2N4O. The van der Waals surface area contributed by atoms with E-state index in [1.165, 1.54) is 18.2 Å². The van der Waals surface area contributed by atoms with Crippen molar-refractivity contribution in [1.82, 2.24) is 14.5 Å². The number of unbranched alkanes of at least 4 members (excludes halogenated alkanes) is 1. The molecule has 7 heteroatoms. The van der Waals surface area contributed by atoms with E-state index in [0.29, 0.717) is 6.54 Å². The molecule has 0 spiro atoms. The molecule has 2 aliphatic rings. The van der Waals surface area contributed by atoms with Crippen LogP contribution in [-0.4, -0.2) is 40.1 Å². The Morgan fingerprint density at radius 2 is 1.69 bits per heavy atom. The Labute approximate surface area is 202 Å². The molecule has 35 heavy (non-hydrogen) atoms. The summed E-state index contributed by atoms with van der Waals surface area (Å²) in [6.45, 7) is 3.46. The molecule has 0 aliphatic carbocycles. The summed E-state index contributed by atoms with van der Waals surface area (Å²) in [6.07, 6.45) is 2.86. The van der Waals surface area contributed by atoms with Crippen molar-refractivity contribution in [3.8, 4) is 0 Å². The molecule has 5 nitrogen and oxygen atoms in total. The SMILES string of the molecule is O=c1[nH]c2ccccc2n1CCCCN1CC[C@@H]2[C@@H](C1)c1cc(F)ccc1N2c1ccc(F)cc1. The highest BCUT2D eigenvalue weighted by atomic mass is 19.1. The number of likely N-dealkylation sites (tertiary alicyclic amines) is 1. The van der Waals surface area contributed by atoms with Crippen molar-refractivity contribution in [1.29, 1.82) is 0 Å². The number of anilines is 2. The molecule has 4 aromatic rings. The van der Waals surface area contributed by atoms with E-state index in [2.05, 4.69) is 14.8 Å². The molecule has 1 fully saturated rings. The second-order valence-corrected chi connectivity index (χ2v) is 9.62. The number of para-hydroxylation sites is 2. The summed E-state index contributed by atoms with van der Waals surface area (Å²) in [5.74, 6) is -0.269.